The molecule has 0 aromatic heterocycles. The maximum Gasteiger partial charge on any atom is 0.326 e. The molecule has 8 heteroatoms. The molecule has 0 spiro atoms. The Morgan fingerprint density at radius 1 is 1.30 bits per heavy atom. The number of carbonyl (C=O) groups is 3. The van der Waals surface area contributed by atoms with Gasteiger partial charge in [-0.3, -0.25) is 4.79 Å². The second kappa shape index (κ2) is 9.74. The largest absolute Gasteiger partial charge is 0.480 e. The van der Waals surface area contributed by atoms with E-state index < -0.39 is 18.0 Å². The molecule has 0 bridgehead atoms. The van der Waals surface area contributed by atoms with Gasteiger partial charge >= 0.3 is 12.0 Å². The highest BCUT2D eigenvalue weighted by atomic mass is 16.4. The highest BCUT2D eigenvalue weighted by Crippen LogP contribution is 2.28. The molecule has 3 atom stereocenters. The fourth-order valence-electron chi connectivity index (χ4n) is 2.85. The van der Waals surface area contributed by atoms with Crippen LogP contribution in [0.3, 0.4) is 0 Å². The zero-order chi connectivity index (χ0) is 17.2. The Kier molecular flexibility index (Phi) is 7.97. The van der Waals surface area contributed by atoms with E-state index in [0.717, 1.165) is 25.7 Å². The fourth-order valence-corrected chi connectivity index (χ4v) is 2.85. The van der Waals surface area contributed by atoms with Gasteiger partial charge in [0.05, 0.1) is 6.54 Å². The summed E-state index contributed by atoms with van der Waals surface area (Å²) < 4.78 is 0. The van der Waals surface area contributed by atoms with Crippen LogP contribution in [0.4, 0.5) is 4.79 Å². The molecular weight excluding hydrogens is 302 g/mol. The van der Waals surface area contributed by atoms with Crippen LogP contribution in [0, 0.1) is 11.8 Å². The minimum Gasteiger partial charge on any atom is -0.480 e. The van der Waals surface area contributed by atoms with Crippen molar-refractivity contribution in [3.63, 3.8) is 0 Å². The van der Waals surface area contributed by atoms with Crippen molar-refractivity contribution < 1.29 is 24.3 Å². The van der Waals surface area contributed by atoms with Gasteiger partial charge in [-0.25, -0.2) is 19.4 Å². The number of hydrogen-bond donors (Lipinski definition) is 3. The SMILES string of the molecule is CC(=O)CC(NC(=O)NCC1CCCC(CN=C=O)C1)C(=O)O. The molecule has 0 aromatic carbocycles. The number of aliphatic imine (C=N–C) groups is 1. The van der Waals surface area contributed by atoms with E-state index in [1.807, 2.05) is 0 Å². The number of nitrogens with one attached hydrogen (secondary N) is 2. The number of amides is 2. The van der Waals surface area contributed by atoms with E-state index in [0.29, 0.717) is 19.0 Å². The molecule has 3 N–H and O–H groups in total. The first-order valence-electron chi connectivity index (χ1n) is 7.72. The molecule has 0 saturated heterocycles. The molecule has 1 rings (SSSR count). The zero-order valence-electron chi connectivity index (χ0n) is 13.2. The van der Waals surface area contributed by atoms with Gasteiger partial charge in [0.2, 0.25) is 6.08 Å². The first kappa shape index (κ1) is 18.8. The van der Waals surface area contributed by atoms with Gasteiger partial charge in [0, 0.05) is 13.0 Å². The summed E-state index contributed by atoms with van der Waals surface area (Å²) >= 11 is 0. The summed E-state index contributed by atoms with van der Waals surface area (Å²) in [5.74, 6) is -0.940. The van der Waals surface area contributed by atoms with Crippen molar-refractivity contribution in [2.24, 2.45) is 16.8 Å². The number of hydrogen-bond acceptors (Lipinski definition) is 5. The first-order chi connectivity index (χ1) is 10.9. The third-order valence-electron chi connectivity index (χ3n) is 3.95. The smallest absolute Gasteiger partial charge is 0.326 e. The Morgan fingerprint density at radius 2 is 2.00 bits per heavy atom. The van der Waals surface area contributed by atoms with E-state index in [2.05, 4.69) is 15.6 Å². The summed E-state index contributed by atoms with van der Waals surface area (Å²) in [5, 5.41) is 13.9. The summed E-state index contributed by atoms with van der Waals surface area (Å²) in [4.78, 5) is 47.5. The number of carboxylic acids is 1. The number of carbonyl (C=O) groups excluding carboxylic acids is 3. The van der Waals surface area contributed by atoms with Gasteiger partial charge in [-0.05, 0) is 38.0 Å². The Morgan fingerprint density at radius 3 is 2.61 bits per heavy atom. The summed E-state index contributed by atoms with van der Waals surface area (Å²) in [6, 6.07) is -1.81. The molecule has 1 fully saturated rings. The van der Waals surface area contributed by atoms with Crippen LogP contribution in [0.1, 0.15) is 39.0 Å². The highest BCUT2D eigenvalue weighted by molar-refractivity contribution is 5.88. The lowest BCUT2D eigenvalue weighted by Crippen LogP contribution is -2.48. The van der Waals surface area contributed by atoms with Gasteiger partial charge in [-0.1, -0.05) is 6.42 Å². The molecule has 1 aliphatic carbocycles. The van der Waals surface area contributed by atoms with Crippen LogP contribution < -0.4 is 10.6 Å². The van der Waals surface area contributed by atoms with Crippen LogP contribution in [0.25, 0.3) is 0 Å². The molecule has 0 aromatic rings. The lowest BCUT2D eigenvalue weighted by molar-refractivity contribution is -0.140. The fraction of sp³-hybridized carbons (Fsp3) is 0.733. The topological polar surface area (TPSA) is 125 Å². The average molecular weight is 325 g/mol. The number of Topliss-reactive ketones (excluding diaryl/α,β-unsaturated/α-hetero) is 1. The van der Waals surface area contributed by atoms with Crippen LogP contribution >= 0.6 is 0 Å². The van der Waals surface area contributed by atoms with Crippen LogP contribution in [-0.2, 0) is 14.4 Å². The summed E-state index contributed by atoms with van der Waals surface area (Å²) in [7, 11) is 0. The monoisotopic (exact) mass is 325 g/mol. The van der Waals surface area contributed by atoms with Crippen LogP contribution in [-0.4, -0.2) is 48.1 Å². The molecule has 2 amide bonds. The summed E-state index contributed by atoms with van der Waals surface area (Å²) in [6.45, 7) is 2.17. The number of isocyanates is 1. The predicted molar refractivity (Wildman–Crippen MR) is 81.7 cm³/mol. The molecule has 0 heterocycles. The van der Waals surface area contributed by atoms with Crippen molar-refractivity contribution in [3.8, 4) is 0 Å². The summed E-state index contributed by atoms with van der Waals surface area (Å²) in [5.41, 5.74) is 0. The number of rotatable bonds is 8. The van der Waals surface area contributed by atoms with Crippen molar-refractivity contribution >= 4 is 23.9 Å². The number of ketones is 1. The van der Waals surface area contributed by atoms with Crippen molar-refractivity contribution in [2.75, 3.05) is 13.1 Å². The first-order valence-corrected chi connectivity index (χ1v) is 7.72. The zero-order valence-corrected chi connectivity index (χ0v) is 13.2. The van der Waals surface area contributed by atoms with Gasteiger partial charge in [0.15, 0.2) is 0 Å². The van der Waals surface area contributed by atoms with Crippen LogP contribution in [0.15, 0.2) is 4.99 Å². The molecule has 3 unspecified atom stereocenters. The van der Waals surface area contributed by atoms with E-state index in [9.17, 15) is 19.2 Å². The standard InChI is InChI=1S/C15H23N3O5/c1-10(20)5-13(14(21)22)18-15(23)17-8-12-4-2-3-11(6-12)7-16-9-19/h11-13H,2-8H2,1H3,(H,21,22)(H2,17,18,23). The number of aliphatic carboxylic acids is 1. The molecular formula is C15H23N3O5. The lowest BCUT2D eigenvalue weighted by atomic mass is 9.81. The summed E-state index contributed by atoms with van der Waals surface area (Å²) in [6.07, 6.45) is 5.15. The second-order valence-corrected chi connectivity index (χ2v) is 5.98. The average Bonchev–Trinajstić information content (AvgIpc) is 2.50. The lowest BCUT2D eigenvalue weighted by Gasteiger charge is -2.28. The minimum absolute atomic E-state index is 0.238. The Labute approximate surface area is 134 Å². The van der Waals surface area contributed by atoms with Crippen LogP contribution in [0.5, 0.6) is 0 Å². The van der Waals surface area contributed by atoms with Crippen molar-refractivity contribution in [3.05, 3.63) is 0 Å². The predicted octanol–water partition coefficient (Wildman–Crippen LogP) is 0.860. The van der Waals surface area contributed by atoms with E-state index in [4.69, 9.17) is 5.11 Å². The van der Waals surface area contributed by atoms with E-state index in [1.165, 1.54) is 13.0 Å². The molecule has 0 aliphatic heterocycles. The van der Waals surface area contributed by atoms with Gasteiger partial charge in [0.1, 0.15) is 11.8 Å². The second-order valence-electron chi connectivity index (χ2n) is 5.98. The number of carboxylic acid groups (broad SMARTS) is 1. The Bertz CT molecular complexity index is 488. The molecule has 1 aliphatic rings. The third kappa shape index (κ3) is 7.56. The van der Waals surface area contributed by atoms with Gasteiger partial charge < -0.3 is 15.7 Å². The molecule has 128 valence electrons. The third-order valence-corrected chi connectivity index (χ3v) is 3.95. The quantitative estimate of drug-likeness (QED) is 0.451. The Hall–Kier alpha value is -2.21. The maximum absolute atomic E-state index is 11.8. The Balaban J connectivity index is 2.38. The van der Waals surface area contributed by atoms with E-state index in [1.54, 1.807) is 0 Å². The molecule has 1 saturated carbocycles. The highest BCUT2D eigenvalue weighted by Gasteiger charge is 2.24. The maximum atomic E-state index is 11.8. The normalized spacial score (nSPS) is 21.6. The van der Waals surface area contributed by atoms with Crippen molar-refractivity contribution in [2.45, 2.75) is 45.1 Å². The minimum atomic E-state index is -1.24. The van der Waals surface area contributed by atoms with Crippen LogP contribution in [0.2, 0.25) is 0 Å². The molecule has 8 nitrogen and oxygen atoms in total. The van der Waals surface area contributed by atoms with E-state index >= 15 is 0 Å². The van der Waals surface area contributed by atoms with Crippen molar-refractivity contribution in [1.29, 1.82) is 0 Å². The van der Waals surface area contributed by atoms with Gasteiger partial charge in [-0.2, -0.15) is 0 Å². The molecule has 0 radical (unpaired) electrons. The van der Waals surface area contributed by atoms with Gasteiger partial charge in [0.25, 0.3) is 0 Å². The number of urea groups is 1. The van der Waals surface area contributed by atoms with E-state index in [-0.39, 0.29) is 18.1 Å². The van der Waals surface area contributed by atoms with Gasteiger partial charge in [-0.15, -0.1) is 0 Å². The van der Waals surface area contributed by atoms with Crippen molar-refractivity contribution in [1.82, 2.24) is 10.6 Å². The number of nitrogens with zero attached hydrogens (tertiary/aromatic N) is 1. The molecule has 23 heavy (non-hydrogen) atoms.